The van der Waals surface area contributed by atoms with Gasteiger partial charge in [0.05, 0.1) is 0 Å². The van der Waals surface area contributed by atoms with Gasteiger partial charge < -0.3 is 9.45 Å². The molecule has 0 heterocycles. The van der Waals surface area contributed by atoms with E-state index in [4.69, 9.17) is 0 Å². The van der Waals surface area contributed by atoms with Crippen LogP contribution in [-0.4, -0.2) is 21.9 Å². The third-order valence-electron chi connectivity index (χ3n) is 3.37. The van der Waals surface area contributed by atoms with E-state index in [-0.39, 0.29) is 4.90 Å². The Morgan fingerprint density at radius 1 is 1.19 bits per heavy atom. The Bertz CT molecular complexity index is 619. The average Bonchev–Trinajstić information content (AvgIpc) is 2.50. The van der Waals surface area contributed by atoms with Crippen molar-refractivity contribution in [2.45, 2.75) is 18.2 Å². The minimum atomic E-state index is -2.39. The molecule has 0 bridgehead atoms. The van der Waals surface area contributed by atoms with Gasteiger partial charge in [0.25, 0.3) is 0 Å². The molecule has 3 nitrogen and oxygen atoms in total. The summed E-state index contributed by atoms with van der Waals surface area (Å²) in [5.74, 6) is -0.471. The monoisotopic (exact) mass is 306 g/mol. The minimum Gasteiger partial charge on any atom is -0.768 e. The number of benzene rings is 2. The zero-order chi connectivity index (χ0) is 15.2. The van der Waals surface area contributed by atoms with Crippen molar-refractivity contribution in [1.82, 2.24) is 0 Å². The molecule has 2 aromatic rings. The highest BCUT2D eigenvalue weighted by Gasteiger charge is 2.08. The maximum absolute atomic E-state index is 13.9. The quantitative estimate of drug-likeness (QED) is 0.770. The highest BCUT2D eigenvalue weighted by molar-refractivity contribution is 7.79. The van der Waals surface area contributed by atoms with Crippen LogP contribution in [0.3, 0.4) is 0 Å². The average molecular weight is 306 g/mol. The Labute approximate surface area is 126 Å². The van der Waals surface area contributed by atoms with Crippen molar-refractivity contribution in [3.63, 3.8) is 0 Å². The van der Waals surface area contributed by atoms with E-state index >= 15 is 0 Å². The molecule has 0 saturated carbocycles. The molecule has 0 fully saturated rings. The first-order valence-corrected chi connectivity index (χ1v) is 7.87. The summed E-state index contributed by atoms with van der Waals surface area (Å²) in [6.45, 7) is 3.55. The molecule has 0 radical (unpaired) electrons. The Hall–Kier alpha value is -1.72. The first-order valence-electron chi connectivity index (χ1n) is 6.79. The number of likely N-dealkylation sites (N-methyl/N-ethyl adjacent to an activating group) is 1. The molecular formula is C16H17FNO2S-. The van der Waals surface area contributed by atoms with Gasteiger partial charge in [0.1, 0.15) is 5.82 Å². The molecule has 0 aliphatic rings. The van der Waals surface area contributed by atoms with Crippen LogP contribution < -0.4 is 4.90 Å². The summed E-state index contributed by atoms with van der Waals surface area (Å²) in [4.78, 5) is 2.13. The fourth-order valence-electron chi connectivity index (χ4n) is 2.20. The fraction of sp³-hybridized carbons (Fsp3) is 0.250. The van der Waals surface area contributed by atoms with E-state index in [1.807, 2.05) is 37.3 Å². The zero-order valence-electron chi connectivity index (χ0n) is 11.8. The highest BCUT2D eigenvalue weighted by atomic mass is 32.2. The molecule has 112 valence electrons. The van der Waals surface area contributed by atoms with E-state index in [2.05, 4.69) is 4.90 Å². The van der Waals surface area contributed by atoms with Gasteiger partial charge in [-0.2, -0.15) is 0 Å². The molecule has 0 saturated heterocycles. The Morgan fingerprint density at radius 2 is 1.90 bits per heavy atom. The summed E-state index contributed by atoms with van der Waals surface area (Å²) < 4.78 is 35.4. The minimum absolute atomic E-state index is 0.0216. The summed E-state index contributed by atoms with van der Waals surface area (Å²) in [5.41, 5.74) is 1.62. The van der Waals surface area contributed by atoms with Gasteiger partial charge in [-0.25, -0.2) is 4.39 Å². The summed E-state index contributed by atoms with van der Waals surface area (Å²) in [6.07, 6.45) is 0.528. The third-order valence-corrected chi connectivity index (χ3v) is 4.01. The predicted octanol–water partition coefficient (Wildman–Crippen LogP) is 3.13. The number of para-hydroxylation sites is 1. The lowest BCUT2D eigenvalue weighted by Gasteiger charge is -2.23. The number of hydrogen-bond donors (Lipinski definition) is 0. The Morgan fingerprint density at radius 3 is 2.48 bits per heavy atom. The van der Waals surface area contributed by atoms with Crippen molar-refractivity contribution >= 4 is 16.8 Å². The molecule has 0 amide bonds. The maximum atomic E-state index is 13.9. The molecule has 2 aromatic carbocycles. The molecular weight excluding hydrogens is 289 g/mol. The molecule has 0 spiro atoms. The van der Waals surface area contributed by atoms with E-state index < -0.39 is 16.9 Å². The third kappa shape index (κ3) is 4.12. The van der Waals surface area contributed by atoms with Crippen molar-refractivity contribution in [3.8, 4) is 0 Å². The van der Waals surface area contributed by atoms with Crippen LogP contribution in [0.1, 0.15) is 12.5 Å². The molecule has 0 aliphatic carbocycles. The highest BCUT2D eigenvalue weighted by Crippen LogP contribution is 2.17. The first kappa shape index (κ1) is 15.7. The standard InChI is InChI=1S/C16H18FNO2S/c1-2-18(14-6-4-3-5-7-14)11-10-13-8-9-15(21(19)20)12-16(13)17/h3-9,12H,2,10-11H2,1H3,(H,19,20)/p-1. The topological polar surface area (TPSA) is 43.4 Å². The maximum Gasteiger partial charge on any atom is 0.127 e. The van der Waals surface area contributed by atoms with E-state index in [1.54, 1.807) is 6.07 Å². The van der Waals surface area contributed by atoms with Crippen LogP contribution in [0.4, 0.5) is 10.1 Å². The fourth-order valence-corrected chi connectivity index (χ4v) is 2.58. The predicted molar refractivity (Wildman–Crippen MR) is 81.6 cm³/mol. The molecule has 0 aromatic heterocycles. The molecule has 0 N–H and O–H groups in total. The molecule has 1 unspecified atom stereocenters. The molecule has 2 rings (SSSR count). The van der Waals surface area contributed by atoms with Crippen molar-refractivity contribution in [1.29, 1.82) is 0 Å². The van der Waals surface area contributed by atoms with Gasteiger partial charge in [0, 0.05) is 23.7 Å². The van der Waals surface area contributed by atoms with Gasteiger partial charge >= 0.3 is 0 Å². The van der Waals surface area contributed by atoms with Gasteiger partial charge in [-0.05, 0) is 54.3 Å². The normalized spacial score (nSPS) is 12.1. The SMILES string of the molecule is CCN(CCc1ccc(S(=O)[O-])cc1F)c1ccccc1. The molecule has 5 heteroatoms. The number of halogens is 1. The smallest absolute Gasteiger partial charge is 0.127 e. The van der Waals surface area contributed by atoms with Crippen LogP contribution >= 0.6 is 0 Å². The van der Waals surface area contributed by atoms with Crippen LogP contribution in [0, 0.1) is 5.82 Å². The summed E-state index contributed by atoms with van der Waals surface area (Å²) in [7, 11) is 0. The number of hydrogen-bond acceptors (Lipinski definition) is 3. The number of nitrogens with zero attached hydrogens (tertiary/aromatic N) is 1. The van der Waals surface area contributed by atoms with Crippen LogP contribution in [0.15, 0.2) is 53.4 Å². The van der Waals surface area contributed by atoms with Gasteiger partial charge in [-0.3, -0.25) is 4.21 Å². The van der Waals surface area contributed by atoms with E-state index in [0.29, 0.717) is 18.5 Å². The van der Waals surface area contributed by atoms with Crippen LogP contribution in [0.5, 0.6) is 0 Å². The van der Waals surface area contributed by atoms with Gasteiger partial charge in [-0.15, -0.1) is 0 Å². The van der Waals surface area contributed by atoms with Crippen molar-refractivity contribution in [2.24, 2.45) is 0 Å². The molecule has 21 heavy (non-hydrogen) atoms. The van der Waals surface area contributed by atoms with Gasteiger partial charge in [0.2, 0.25) is 0 Å². The van der Waals surface area contributed by atoms with Gasteiger partial charge in [0.15, 0.2) is 0 Å². The Balaban J connectivity index is 2.07. The van der Waals surface area contributed by atoms with Crippen molar-refractivity contribution in [3.05, 3.63) is 59.9 Å². The lowest BCUT2D eigenvalue weighted by atomic mass is 10.1. The lowest BCUT2D eigenvalue weighted by Crippen LogP contribution is -2.25. The number of anilines is 1. The van der Waals surface area contributed by atoms with Crippen molar-refractivity contribution < 1.29 is 13.2 Å². The van der Waals surface area contributed by atoms with Crippen molar-refractivity contribution in [2.75, 3.05) is 18.0 Å². The van der Waals surface area contributed by atoms with E-state index in [1.165, 1.54) is 6.07 Å². The summed E-state index contributed by atoms with van der Waals surface area (Å²) >= 11 is -2.39. The van der Waals surface area contributed by atoms with Crippen LogP contribution in [0.25, 0.3) is 0 Å². The second-order valence-electron chi connectivity index (χ2n) is 4.65. The zero-order valence-corrected chi connectivity index (χ0v) is 12.6. The summed E-state index contributed by atoms with van der Waals surface area (Å²) in [5, 5.41) is 0. The van der Waals surface area contributed by atoms with Crippen LogP contribution in [-0.2, 0) is 17.5 Å². The van der Waals surface area contributed by atoms with Crippen LogP contribution in [0.2, 0.25) is 0 Å². The number of rotatable bonds is 6. The second-order valence-corrected chi connectivity index (χ2v) is 5.59. The molecule has 1 atom stereocenters. The summed E-state index contributed by atoms with van der Waals surface area (Å²) in [6, 6.07) is 14.0. The molecule has 0 aliphatic heterocycles. The van der Waals surface area contributed by atoms with Gasteiger partial charge in [-0.1, -0.05) is 24.3 Å². The van der Waals surface area contributed by atoms with E-state index in [9.17, 15) is 13.2 Å². The van der Waals surface area contributed by atoms with E-state index in [0.717, 1.165) is 18.3 Å². The Kier molecular flexibility index (Phi) is 5.47. The second kappa shape index (κ2) is 7.33. The first-order chi connectivity index (χ1) is 10.1. The lowest BCUT2D eigenvalue weighted by molar-refractivity contribution is 0.534. The largest absolute Gasteiger partial charge is 0.768 e.